The predicted molar refractivity (Wildman–Crippen MR) is 115 cm³/mol. The maximum atomic E-state index is 12.7. The van der Waals surface area contributed by atoms with Crippen LogP contribution >= 0.6 is 11.3 Å². The average molecular weight is 488 g/mol. The van der Waals surface area contributed by atoms with E-state index in [4.69, 9.17) is 4.74 Å². The molecule has 1 amide bonds. The van der Waals surface area contributed by atoms with Gasteiger partial charge < -0.3 is 10.1 Å². The van der Waals surface area contributed by atoms with Gasteiger partial charge >= 0.3 is 12.1 Å². The lowest BCUT2D eigenvalue weighted by atomic mass is 10.1. The number of para-hydroxylation sites is 1. The Hall–Kier alpha value is -4.13. The molecule has 13 heteroatoms. The topological polar surface area (TPSA) is 112 Å². The lowest BCUT2D eigenvalue weighted by molar-refractivity contribution is -0.137. The third-order valence-corrected chi connectivity index (χ3v) is 5.42. The van der Waals surface area contributed by atoms with E-state index >= 15 is 0 Å². The Balaban J connectivity index is 1.38. The fourth-order valence-corrected chi connectivity index (χ4v) is 3.70. The van der Waals surface area contributed by atoms with Gasteiger partial charge in [-0.1, -0.05) is 24.3 Å². The molecule has 174 valence electrons. The summed E-state index contributed by atoms with van der Waals surface area (Å²) < 4.78 is 44.7. The van der Waals surface area contributed by atoms with Crippen LogP contribution in [0.5, 0.6) is 0 Å². The van der Waals surface area contributed by atoms with E-state index in [1.54, 1.807) is 23.6 Å². The number of halogens is 3. The molecule has 34 heavy (non-hydrogen) atoms. The number of anilines is 1. The van der Waals surface area contributed by atoms with Gasteiger partial charge in [0.1, 0.15) is 24.5 Å². The first-order valence-electron chi connectivity index (χ1n) is 9.68. The van der Waals surface area contributed by atoms with Gasteiger partial charge in [-0.3, -0.25) is 4.79 Å². The summed E-state index contributed by atoms with van der Waals surface area (Å²) in [6.07, 6.45) is -3.13. The molecule has 0 saturated carbocycles. The van der Waals surface area contributed by atoms with Gasteiger partial charge in [0.25, 0.3) is 0 Å². The zero-order valence-corrected chi connectivity index (χ0v) is 18.0. The molecule has 0 radical (unpaired) electrons. The van der Waals surface area contributed by atoms with Crippen molar-refractivity contribution in [3.63, 3.8) is 0 Å². The predicted octanol–water partition coefficient (Wildman–Crippen LogP) is 3.81. The maximum Gasteiger partial charge on any atom is 0.416 e. The summed E-state index contributed by atoms with van der Waals surface area (Å²) in [5.74, 6) is -1.12. The highest BCUT2D eigenvalue weighted by atomic mass is 32.1. The summed E-state index contributed by atoms with van der Waals surface area (Å²) in [5.41, 5.74) is 0.616. The number of ether oxygens (including phenoxy) is 1. The molecule has 0 unspecified atom stereocenters. The van der Waals surface area contributed by atoms with Crippen molar-refractivity contribution in [3.8, 4) is 10.6 Å². The molecule has 0 aliphatic heterocycles. The van der Waals surface area contributed by atoms with Crippen LogP contribution in [0.15, 0.2) is 60.2 Å². The van der Waals surface area contributed by atoms with Gasteiger partial charge in [0.2, 0.25) is 5.91 Å². The molecule has 0 bridgehead atoms. The number of hydrogen-bond acceptors (Lipinski definition) is 8. The van der Waals surface area contributed by atoms with E-state index in [0.29, 0.717) is 16.3 Å². The number of hydrogen-bond donors (Lipinski definition) is 1. The smallest absolute Gasteiger partial charge is 0.416 e. The molecule has 1 N–H and O–H groups in total. The third kappa shape index (κ3) is 5.61. The second-order valence-corrected chi connectivity index (χ2v) is 7.75. The van der Waals surface area contributed by atoms with Crippen molar-refractivity contribution in [2.45, 2.75) is 19.3 Å². The number of rotatable bonds is 7. The van der Waals surface area contributed by atoms with E-state index in [2.05, 4.69) is 25.8 Å². The molecule has 0 aliphatic rings. The Bertz CT molecular complexity index is 1290. The summed E-state index contributed by atoms with van der Waals surface area (Å²) in [4.78, 5) is 29.1. The first-order chi connectivity index (χ1) is 16.3. The van der Waals surface area contributed by atoms with Crippen molar-refractivity contribution in [2.24, 2.45) is 0 Å². The number of aromatic nitrogens is 5. The van der Waals surface area contributed by atoms with Crippen molar-refractivity contribution in [1.82, 2.24) is 25.2 Å². The molecule has 4 aromatic rings. The molecule has 0 aliphatic carbocycles. The van der Waals surface area contributed by atoms with Gasteiger partial charge in [-0.2, -0.15) is 13.2 Å². The molecule has 4 rings (SSSR count). The van der Waals surface area contributed by atoms with E-state index in [-0.39, 0.29) is 24.4 Å². The van der Waals surface area contributed by atoms with Gasteiger partial charge in [0.05, 0.1) is 22.5 Å². The quantitative estimate of drug-likeness (QED) is 0.394. The number of benzene rings is 2. The minimum atomic E-state index is -4.41. The first-order valence-corrected chi connectivity index (χ1v) is 10.6. The summed E-state index contributed by atoms with van der Waals surface area (Å²) in [6.45, 7) is -0.287. The summed E-state index contributed by atoms with van der Waals surface area (Å²) in [5, 5.41) is 15.3. The van der Waals surface area contributed by atoms with Crippen molar-refractivity contribution < 1.29 is 27.5 Å². The molecule has 2 aromatic heterocycles. The Morgan fingerprint density at radius 1 is 1.09 bits per heavy atom. The van der Waals surface area contributed by atoms with E-state index in [1.165, 1.54) is 40.5 Å². The van der Waals surface area contributed by atoms with Gasteiger partial charge in [-0.15, -0.1) is 16.4 Å². The lowest BCUT2D eigenvalue weighted by Gasteiger charge is -2.10. The van der Waals surface area contributed by atoms with Crippen molar-refractivity contribution in [1.29, 1.82) is 0 Å². The lowest BCUT2D eigenvalue weighted by Crippen LogP contribution is -2.21. The molecule has 0 fully saturated rings. The van der Waals surface area contributed by atoms with Crippen LogP contribution in [0.4, 0.5) is 18.9 Å². The van der Waals surface area contributed by atoms with Crippen LogP contribution in [0.25, 0.3) is 10.6 Å². The molecule has 2 aromatic carbocycles. The van der Waals surface area contributed by atoms with E-state index in [9.17, 15) is 22.8 Å². The van der Waals surface area contributed by atoms with Crippen LogP contribution in [0.1, 0.15) is 21.6 Å². The second kappa shape index (κ2) is 9.79. The standard InChI is InChI=1S/C21H15F3N6O3S/c22-21(23,24)14-7-5-13(6-8-14)19-26-15(11-34-19)10-33-20(32)16-3-1-2-4-17(16)27-18(31)9-30-12-25-28-29-30/h1-8,11-12H,9-10H2,(H,27,31). The minimum absolute atomic E-state index is 0.137. The monoisotopic (exact) mass is 488 g/mol. The van der Waals surface area contributed by atoms with Gasteiger partial charge in [-0.25, -0.2) is 14.5 Å². The van der Waals surface area contributed by atoms with Crippen LogP contribution in [0.3, 0.4) is 0 Å². The number of nitrogens with zero attached hydrogens (tertiary/aromatic N) is 5. The van der Waals surface area contributed by atoms with E-state index < -0.39 is 23.6 Å². The Kier molecular flexibility index (Phi) is 6.63. The van der Waals surface area contributed by atoms with Crippen molar-refractivity contribution in [3.05, 3.63) is 77.1 Å². The molecule has 0 spiro atoms. The number of tetrazole rings is 1. The third-order valence-electron chi connectivity index (χ3n) is 4.48. The van der Waals surface area contributed by atoms with Crippen LogP contribution in [-0.4, -0.2) is 37.1 Å². The SMILES string of the molecule is O=C(Cn1cnnn1)Nc1ccccc1C(=O)OCc1csc(-c2ccc(C(F)(F)F)cc2)n1. The van der Waals surface area contributed by atoms with Crippen LogP contribution in [0.2, 0.25) is 0 Å². The Morgan fingerprint density at radius 2 is 1.85 bits per heavy atom. The second-order valence-electron chi connectivity index (χ2n) is 6.90. The van der Waals surface area contributed by atoms with E-state index in [0.717, 1.165) is 12.1 Å². The highest BCUT2D eigenvalue weighted by Gasteiger charge is 2.30. The van der Waals surface area contributed by atoms with Crippen LogP contribution < -0.4 is 5.32 Å². The first kappa shape index (κ1) is 23.0. The molecular weight excluding hydrogens is 473 g/mol. The number of amides is 1. The summed E-state index contributed by atoms with van der Waals surface area (Å²) in [7, 11) is 0. The number of carbonyl (C=O) groups is 2. The molecule has 0 atom stereocenters. The van der Waals surface area contributed by atoms with Crippen molar-refractivity contribution in [2.75, 3.05) is 5.32 Å². The van der Waals surface area contributed by atoms with Gasteiger partial charge in [0.15, 0.2) is 0 Å². The largest absolute Gasteiger partial charge is 0.455 e. The highest BCUT2D eigenvalue weighted by Crippen LogP contribution is 2.32. The highest BCUT2D eigenvalue weighted by molar-refractivity contribution is 7.13. The number of thiazole rings is 1. The minimum Gasteiger partial charge on any atom is -0.455 e. The summed E-state index contributed by atoms with van der Waals surface area (Å²) in [6, 6.07) is 11.0. The van der Waals surface area contributed by atoms with Gasteiger partial charge in [0, 0.05) is 10.9 Å². The average Bonchev–Trinajstić information content (AvgIpc) is 3.49. The van der Waals surface area contributed by atoms with E-state index in [1.807, 2.05) is 0 Å². The Morgan fingerprint density at radius 3 is 2.56 bits per heavy atom. The molecule has 9 nitrogen and oxygen atoms in total. The normalized spacial score (nSPS) is 11.3. The number of esters is 1. The number of alkyl halides is 3. The maximum absolute atomic E-state index is 12.7. The Labute approximate surface area is 194 Å². The fraction of sp³-hybridized carbons (Fsp3) is 0.143. The molecule has 2 heterocycles. The zero-order chi connectivity index (χ0) is 24.1. The zero-order valence-electron chi connectivity index (χ0n) is 17.2. The number of nitrogens with one attached hydrogen (secondary N) is 1. The van der Waals surface area contributed by atoms with Crippen molar-refractivity contribution >= 4 is 28.9 Å². The molecular formula is C21H15F3N6O3S. The van der Waals surface area contributed by atoms with Crippen LogP contribution in [0, 0.1) is 0 Å². The van der Waals surface area contributed by atoms with Gasteiger partial charge in [-0.05, 0) is 34.7 Å². The fourth-order valence-electron chi connectivity index (χ4n) is 2.88. The summed E-state index contributed by atoms with van der Waals surface area (Å²) >= 11 is 1.22. The molecule has 0 saturated heterocycles. The van der Waals surface area contributed by atoms with Crippen LogP contribution in [-0.2, 0) is 28.9 Å². The number of carbonyl (C=O) groups excluding carboxylic acids is 2.